The smallest absolute Gasteiger partial charge is 0.141 e. The van der Waals surface area contributed by atoms with Crippen LogP contribution in [0.4, 0.5) is 5.82 Å². The van der Waals surface area contributed by atoms with Crippen molar-refractivity contribution < 1.29 is 4.74 Å². The highest BCUT2D eigenvalue weighted by molar-refractivity contribution is 7.19. The number of thiophene rings is 1. The van der Waals surface area contributed by atoms with E-state index in [1.807, 2.05) is 11.3 Å². The Balaban J connectivity index is 1.86. The molecule has 20 heavy (non-hydrogen) atoms. The summed E-state index contributed by atoms with van der Waals surface area (Å²) in [5, 5.41) is 1.32. The summed E-state index contributed by atoms with van der Waals surface area (Å²) in [6.45, 7) is 5.83. The lowest BCUT2D eigenvalue weighted by atomic mass is 9.88. The van der Waals surface area contributed by atoms with Gasteiger partial charge in [-0.05, 0) is 30.7 Å². The van der Waals surface area contributed by atoms with Gasteiger partial charge in [0.25, 0.3) is 0 Å². The zero-order valence-corrected chi connectivity index (χ0v) is 12.6. The van der Waals surface area contributed by atoms with Gasteiger partial charge in [0, 0.05) is 18.0 Å². The van der Waals surface area contributed by atoms with Gasteiger partial charge in [-0.15, -0.1) is 11.3 Å². The van der Waals surface area contributed by atoms with Crippen molar-refractivity contribution in [2.75, 3.05) is 31.2 Å². The minimum atomic E-state index is 0.776. The van der Waals surface area contributed by atoms with Crippen LogP contribution < -0.4 is 4.90 Å². The minimum Gasteiger partial charge on any atom is -0.378 e. The zero-order valence-electron chi connectivity index (χ0n) is 11.8. The number of rotatable bonds is 1. The first-order valence-electron chi connectivity index (χ1n) is 7.41. The number of ether oxygens (including phenoxy) is 1. The number of fused-ring (bicyclic) bond motifs is 3. The minimum absolute atomic E-state index is 0.776. The molecule has 1 atom stereocenters. The Morgan fingerprint density at radius 3 is 3.00 bits per heavy atom. The molecule has 0 spiro atoms. The molecule has 0 saturated carbocycles. The standard InChI is InChI=1S/C15H19N3OS/c1-10-2-3-12-11(8-10)13-14(16-9-17-15(13)20-12)18-4-6-19-7-5-18/h9-10H,2-8H2,1H3/t10-/m0/s1. The van der Waals surface area contributed by atoms with E-state index in [1.165, 1.54) is 39.9 Å². The Labute approximate surface area is 122 Å². The van der Waals surface area contributed by atoms with Crippen molar-refractivity contribution >= 4 is 27.4 Å². The molecule has 0 N–H and O–H groups in total. The molecule has 4 rings (SSSR count). The van der Waals surface area contributed by atoms with E-state index in [4.69, 9.17) is 4.74 Å². The van der Waals surface area contributed by atoms with Crippen LogP contribution in [0.3, 0.4) is 0 Å². The predicted molar refractivity (Wildman–Crippen MR) is 81.6 cm³/mol. The molecule has 0 amide bonds. The lowest BCUT2D eigenvalue weighted by Crippen LogP contribution is -2.37. The van der Waals surface area contributed by atoms with Gasteiger partial charge in [0.2, 0.25) is 0 Å². The molecule has 4 nitrogen and oxygen atoms in total. The van der Waals surface area contributed by atoms with Gasteiger partial charge in [-0.2, -0.15) is 0 Å². The summed E-state index contributed by atoms with van der Waals surface area (Å²) in [4.78, 5) is 14.2. The third-order valence-corrected chi connectivity index (χ3v) is 5.58. The van der Waals surface area contributed by atoms with E-state index >= 15 is 0 Å². The number of aromatic nitrogens is 2. The maximum atomic E-state index is 5.46. The lowest BCUT2D eigenvalue weighted by Gasteiger charge is -2.28. The normalized spacial score (nSPS) is 23.1. The van der Waals surface area contributed by atoms with Crippen LogP contribution in [-0.4, -0.2) is 36.3 Å². The van der Waals surface area contributed by atoms with Gasteiger partial charge < -0.3 is 9.64 Å². The molecule has 0 unspecified atom stereocenters. The molecular weight excluding hydrogens is 270 g/mol. The van der Waals surface area contributed by atoms with Crippen molar-refractivity contribution in [3.63, 3.8) is 0 Å². The topological polar surface area (TPSA) is 38.2 Å². The van der Waals surface area contributed by atoms with E-state index in [9.17, 15) is 0 Å². The van der Waals surface area contributed by atoms with Crippen molar-refractivity contribution in [1.29, 1.82) is 0 Å². The maximum absolute atomic E-state index is 5.46. The fourth-order valence-corrected chi connectivity index (χ4v) is 4.46. The second kappa shape index (κ2) is 4.97. The summed E-state index contributed by atoms with van der Waals surface area (Å²) in [7, 11) is 0. The fraction of sp³-hybridized carbons (Fsp3) is 0.600. The van der Waals surface area contributed by atoms with Crippen molar-refractivity contribution in [2.45, 2.75) is 26.2 Å². The molecular formula is C15H19N3OS. The summed E-state index contributed by atoms with van der Waals surface area (Å²) >= 11 is 1.87. The first-order valence-corrected chi connectivity index (χ1v) is 8.22. The average molecular weight is 289 g/mol. The number of nitrogens with zero attached hydrogens (tertiary/aromatic N) is 3. The highest BCUT2D eigenvalue weighted by atomic mass is 32.1. The van der Waals surface area contributed by atoms with Crippen LogP contribution in [0.5, 0.6) is 0 Å². The molecule has 0 radical (unpaired) electrons. The summed E-state index contributed by atoms with van der Waals surface area (Å²) in [6, 6.07) is 0. The maximum Gasteiger partial charge on any atom is 0.141 e. The van der Waals surface area contributed by atoms with E-state index < -0.39 is 0 Å². The predicted octanol–water partition coefficient (Wildman–Crippen LogP) is 2.65. The number of hydrogen-bond donors (Lipinski definition) is 0. The molecule has 106 valence electrons. The Kier molecular flexibility index (Phi) is 3.11. The average Bonchev–Trinajstić information content (AvgIpc) is 2.86. The summed E-state index contributed by atoms with van der Waals surface area (Å²) < 4.78 is 5.46. The highest BCUT2D eigenvalue weighted by Crippen LogP contribution is 2.40. The van der Waals surface area contributed by atoms with Gasteiger partial charge in [0.1, 0.15) is 17.0 Å². The molecule has 1 aliphatic carbocycles. The molecule has 1 fully saturated rings. The Bertz CT molecular complexity index is 633. The largest absolute Gasteiger partial charge is 0.378 e. The van der Waals surface area contributed by atoms with Crippen LogP contribution in [-0.2, 0) is 17.6 Å². The van der Waals surface area contributed by atoms with Crippen LogP contribution in [0, 0.1) is 5.92 Å². The fourth-order valence-electron chi connectivity index (χ4n) is 3.28. The molecule has 5 heteroatoms. The van der Waals surface area contributed by atoms with Gasteiger partial charge in [-0.25, -0.2) is 9.97 Å². The summed E-state index contributed by atoms with van der Waals surface area (Å²) in [5.41, 5.74) is 1.52. The van der Waals surface area contributed by atoms with Gasteiger partial charge in [-0.1, -0.05) is 6.92 Å². The Morgan fingerprint density at radius 2 is 2.15 bits per heavy atom. The van der Waals surface area contributed by atoms with Crippen molar-refractivity contribution in [2.24, 2.45) is 5.92 Å². The lowest BCUT2D eigenvalue weighted by molar-refractivity contribution is 0.122. The number of morpholine rings is 1. The molecule has 2 aliphatic rings. The first-order chi connectivity index (χ1) is 9.83. The third kappa shape index (κ3) is 2.00. The number of hydrogen-bond acceptors (Lipinski definition) is 5. The van der Waals surface area contributed by atoms with Gasteiger partial charge in [-0.3, -0.25) is 0 Å². The summed E-state index contributed by atoms with van der Waals surface area (Å²) in [6.07, 6.45) is 5.42. The number of aryl methyl sites for hydroxylation is 1. The molecule has 1 aliphatic heterocycles. The summed E-state index contributed by atoms with van der Waals surface area (Å²) in [5.74, 6) is 1.91. The van der Waals surface area contributed by atoms with Crippen LogP contribution >= 0.6 is 11.3 Å². The third-order valence-electron chi connectivity index (χ3n) is 4.38. The molecule has 2 aromatic rings. The SMILES string of the molecule is C[C@H]1CCc2sc3ncnc(N4CCOCC4)c3c2C1. The molecule has 3 heterocycles. The van der Waals surface area contributed by atoms with E-state index in [0.29, 0.717) is 0 Å². The van der Waals surface area contributed by atoms with Crippen molar-refractivity contribution in [3.8, 4) is 0 Å². The van der Waals surface area contributed by atoms with Crippen molar-refractivity contribution in [1.82, 2.24) is 9.97 Å². The van der Waals surface area contributed by atoms with Crippen LogP contribution in [0.2, 0.25) is 0 Å². The second-order valence-electron chi connectivity index (χ2n) is 5.83. The van der Waals surface area contributed by atoms with E-state index in [1.54, 1.807) is 6.33 Å². The molecule has 2 aromatic heterocycles. The Morgan fingerprint density at radius 1 is 1.30 bits per heavy atom. The Hall–Kier alpha value is -1.20. The van der Waals surface area contributed by atoms with Crippen molar-refractivity contribution in [3.05, 3.63) is 16.8 Å². The van der Waals surface area contributed by atoms with E-state index in [-0.39, 0.29) is 0 Å². The first kappa shape index (κ1) is 12.5. The monoisotopic (exact) mass is 289 g/mol. The zero-order chi connectivity index (χ0) is 13.5. The van der Waals surface area contributed by atoms with Crippen LogP contribution in [0.1, 0.15) is 23.8 Å². The van der Waals surface area contributed by atoms with E-state index in [2.05, 4.69) is 21.8 Å². The quantitative estimate of drug-likeness (QED) is 0.809. The second-order valence-corrected chi connectivity index (χ2v) is 6.91. The van der Waals surface area contributed by atoms with E-state index in [0.717, 1.165) is 38.0 Å². The van der Waals surface area contributed by atoms with Crippen LogP contribution in [0.15, 0.2) is 6.33 Å². The number of anilines is 1. The molecule has 0 bridgehead atoms. The molecule has 1 saturated heterocycles. The van der Waals surface area contributed by atoms with Crippen LogP contribution in [0.25, 0.3) is 10.2 Å². The molecule has 0 aromatic carbocycles. The van der Waals surface area contributed by atoms with Gasteiger partial charge >= 0.3 is 0 Å². The van der Waals surface area contributed by atoms with Gasteiger partial charge in [0.05, 0.1) is 18.6 Å². The van der Waals surface area contributed by atoms with Gasteiger partial charge in [0.15, 0.2) is 0 Å². The highest BCUT2D eigenvalue weighted by Gasteiger charge is 2.25.